The van der Waals surface area contributed by atoms with Crippen LogP contribution in [0.15, 0.2) is 24.3 Å². The van der Waals surface area contributed by atoms with Crippen LogP contribution < -0.4 is 10.1 Å². The highest BCUT2D eigenvalue weighted by Gasteiger charge is 2.66. The summed E-state index contributed by atoms with van der Waals surface area (Å²) in [6.45, 7) is 0.460. The van der Waals surface area contributed by atoms with Crippen LogP contribution in [0.25, 0.3) is 0 Å². The Labute approximate surface area is 193 Å². The smallest absolute Gasteiger partial charge is 0.233 e. The number of nitrogens with one attached hydrogen (secondary N) is 1. The van der Waals surface area contributed by atoms with Crippen molar-refractivity contribution in [2.24, 2.45) is 23.7 Å². The van der Waals surface area contributed by atoms with Crippen LogP contribution >= 0.6 is 31.9 Å². The molecule has 0 radical (unpaired) electrons. The van der Waals surface area contributed by atoms with Gasteiger partial charge in [0.15, 0.2) is 0 Å². The van der Waals surface area contributed by atoms with Crippen LogP contribution in [0.5, 0.6) is 5.75 Å². The Bertz CT molecular complexity index is 816. The van der Waals surface area contributed by atoms with Crippen molar-refractivity contribution in [3.63, 3.8) is 0 Å². The van der Waals surface area contributed by atoms with E-state index in [2.05, 4.69) is 37.2 Å². The number of imide groups is 1. The van der Waals surface area contributed by atoms with Crippen molar-refractivity contribution in [2.75, 3.05) is 19.0 Å². The molecule has 30 heavy (non-hydrogen) atoms. The molecule has 3 aliphatic rings. The highest BCUT2D eigenvalue weighted by molar-refractivity contribution is 9.12. The second-order valence-corrected chi connectivity index (χ2v) is 10.5. The Morgan fingerprint density at radius 3 is 2.40 bits per heavy atom. The highest BCUT2D eigenvalue weighted by atomic mass is 79.9. The standard InChI is InChI=1S/C22H26Br2N2O4/c1-30-13-7-5-6-12(10-13)25-16(27)8-3-2-4-9-26-21(28)17-14-11-15(18(17)22(26)29)20(24)19(14)23/h5-7,10,14-15,17-20H,2-4,8-9,11H2,1H3,(H,25,27)/t14-,15+,17-,18+,19-,20+. The summed E-state index contributed by atoms with van der Waals surface area (Å²) in [6.07, 6.45) is 3.61. The Morgan fingerprint density at radius 2 is 1.77 bits per heavy atom. The minimum Gasteiger partial charge on any atom is -0.497 e. The molecule has 2 bridgehead atoms. The summed E-state index contributed by atoms with van der Waals surface area (Å²) in [6, 6.07) is 7.26. The molecule has 4 rings (SSSR count). The van der Waals surface area contributed by atoms with Crippen molar-refractivity contribution < 1.29 is 19.1 Å². The van der Waals surface area contributed by atoms with Crippen LogP contribution in [0.1, 0.15) is 32.1 Å². The molecule has 8 heteroatoms. The van der Waals surface area contributed by atoms with Gasteiger partial charge in [0.2, 0.25) is 17.7 Å². The van der Waals surface area contributed by atoms with Gasteiger partial charge in [0, 0.05) is 34.4 Å². The quantitative estimate of drug-likeness (QED) is 0.307. The number of benzene rings is 1. The Morgan fingerprint density at radius 1 is 1.10 bits per heavy atom. The van der Waals surface area contributed by atoms with E-state index >= 15 is 0 Å². The number of hydrogen-bond donors (Lipinski definition) is 1. The molecule has 1 saturated heterocycles. The first-order chi connectivity index (χ1) is 14.4. The lowest BCUT2D eigenvalue weighted by atomic mass is 9.81. The molecule has 1 heterocycles. The largest absolute Gasteiger partial charge is 0.497 e. The molecular formula is C22H26Br2N2O4. The van der Waals surface area contributed by atoms with E-state index < -0.39 is 0 Å². The lowest BCUT2D eigenvalue weighted by Gasteiger charge is -2.28. The number of hydrogen-bond acceptors (Lipinski definition) is 4. The molecule has 0 aromatic heterocycles. The zero-order valence-electron chi connectivity index (χ0n) is 16.9. The topological polar surface area (TPSA) is 75.7 Å². The van der Waals surface area contributed by atoms with E-state index in [-0.39, 0.29) is 51.0 Å². The van der Waals surface area contributed by atoms with Crippen molar-refractivity contribution in [2.45, 2.75) is 41.8 Å². The first kappa shape index (κ1) is 21.8. The molecule has 2 aliphatic carbocycles. The Hall–Kier alpha value is -1.41. The Kier molecular flexibility index (Phi) is 6.53. The first-order valence-electron chi connectivity index (χ1n) is 10.5. The zero-order valence-corrected chi connectivity index (χ0v) is 20.0. The summed E-state index contributed by atoms with van der Waals surface area (Å²) in [5.41, 5.74) is 0.712. The average molecular weight is 542 g/mol. The number of carbonyl (C=O) groups is 3. The Balaban J connectivity index is 1.20. The molecule has 2 saturated carbocycles. The SMILES string of the molecule is COc1cccc(NC(=O)CCCCCN2C(=O)[C@@H]3[C@H]4C[C@H]([C@H](Br)[C@@H]4Br)[C@@H]3C2=O)c1. The number of anilines is 1. The zero-order chi connectivity index (χ0) is 21.4. The molecule has 6 atom stereocenters. The van der Waals surface area contributed by atoms with Gasteiger partial charge in [-0.05, 0) is 43.2 Å². The van der Waals surface area contributed by atoms with Gasteiger partial charge in [0.25, 0.3) is 0 Å². The van der Waals surface area contributed by atoms with Crippen LogP contribution in [0.2, 0.25) is 0 Å². The maximum Gasteiger partial charge on any atom is 0.233 e. The van der Waals surface area contributed by atoms with Crippen molar-refractivity contribution in [3.05, 3.63) is 24.3 Å². The van der Waals surface area contributed by atoms with Gasteiger partial charge >= 0.3 is 0 Å². The molecule has 0 spiro atoms. The van der Waals surface area contributed by atoms with Crippen LogP contribution in [0.3, 0.4) is 0 Å². The van der Waals surface area contributed by atoms with Crippen LogP contribution in [0.4, 0.5) is 5.69 Å². The van der Waals surface area contributed by atoms with Crippen molar-refractivity contribution >= 4 is 55.3 Å². The molecule has 3 fully saturated rings. The molecule has 162 valence electrons. The van der Waals surface area contributed by atoms with Gasteiger partial charge in [-0.25, -0.2) is 0 Å². The molecular weight excluding hydrogens is 516 g/mol. The van der Waals surface area contributed by atoms with E-state index in [9.17, 15) is 14.4 Å². The number of unbranched alkanes of at least 4 members (excludes halogenated alkanes) is 2. The summed E-state index contributed by atoms with van der Waals surface area (Å²) in [7, 11) is 1.59. The lowest BCUT2D eigenvalue weighted by Crippen LogP contribution is -2.37. The highest BCUT2D eigenvalue weighted by Crippen LogP contribution is 2.60. The number of nitrogens with zero attached hydrogens (tertiary/aromatic N) is 1. The molecule has 1 aromatic rings. The number of ether oxygens (including phenoxy) is 1. The third-order valence-corrected chi connectivity index (χ3v) is 9.92. The predicted octanol–water partition coefficient (Wildman–Crippen LogP) is 3.97. The first-order valence-corrected chi connectivity index (χ1v) is 12.3. The molecule has 0 unspecified atom stereocenters. The van der Waals surface area contributed by atoms with Crippen LogP contribution in [-0.2, 0) is 14.4 Å². The fraction of sp³-hybridized carbons (Fsp3) is 0.591. The second kappa shape index (κ2) is 8.99. The minimum absolute atomic E-state index is 0.0112. The summed E-state index contributed by atoms with van der Waals surface area (Å²) < 4.78 is 5.16. The van der Waals surface area contributed by atoms with Crippen LogP contribution in [0, 0.1) is 23.7 Å². The molecule has 1 aliphatic heterocycles. The maximum absolute atomic E-state index is 12.9. The minimum atomic E-state index is -0.144. The fourth-order valence-electron chi connectivity index (χ4n) is 5.29. The summed E-state index contributed by atoms with van der Waals surface area (Å²) >= 11 is 7.42. The van der Waals surface area contributed by atoms with Crippen molar-refractivity contribution in [3.8, 4) is 5.75 Å². The second-order valence-electron chi connectivity index (χ2n) is 8.42. The molecule has 1 aromatic carbocycles. The summed E-state index contributed by atoms with van der Waals surface area (Å²) in [5.74, 6) is 0.896. The van der Waals surface area contributed by atoms with E-state index in [0.29, 0.717) is 24.4 Å². The lowest BCUT2D eigenvalue weighted by molar-refractivity contribution is -0.140. The van der Waals surface area contributed by atoms with Crippen molar-refractivity contribution in [1.82, 2.24) is 4.90 Å². The van der Waals surface area contributed by atoms with E-state index in [1.54, 1.807) is 13.2 Å². The third kappa shape index (κ3) is 3.93. The number of amides is 3. The van der Waals surface area contributed by atoms with Gasteiger partial charge in [-0.15, -0.1) is 0 Å². The van der Waals surface area contributed by atoms with E-state index in [1.165, 1.54) is 4.90 Å². The van der Waals surface area contributed by atoms with E-state index in [1.807, 2.05) is 18.2 Å². The summed E-state index contributed by atoms with van der Waals surface area (Å²) in [4.78, 5) is 39.9. The van der Waals surface area contributed by atoms with Gasteiger partial charge in [0.1, 0.15) is 5.75 Å². The predicted molar refractivity (Wildman–Crippen MR) is 121 cm³/mol. The van der Waals surface area contributed by atoms with Crippen molar-refractivity contribution in [1.29, 1.82) is 0 Å². The molecule has 3 amide bonds. The number of likely N-dealkylation sites (tertiary alicyclic amines) is 1. The average Bonchev–Trinajstić information content (AvgIpc) is 3.34. The van der Waals surface area contributed by atoms with Gasteiger partial charge in [-0.1, -0.05) is 44.3 Å². The summed E-state index contributed by atoms with van der Waals surface area (Å²) in [5, 5.41) is 2.87. The fourth-order valence-corrected chi connectivity index (χ4v) is 7.16. The van der Waals surface area contributed by atoms with Gasteiger partial charge < -0.3 is 10.1 Å². The number of alkyl halides is 2. The molecule has 6 nitrogen and oxygen atoms in total. The third-order valence-electron chi connectivity index (χ3n) is 6.72. The number of fused-ring (bicyclic) bond motifs is 5. The van der Waals surface area contributed by atoms with Crippen LogP contribution in [-0.4, -0.2) is 45.9 Å². The molecule has 1 N–H and O–H groups in total. The van der Waals surface area contributed by atoms with E-state index in [4.69, 9.17) is 4.74 Å². The maximum atomic E-state index is 12.9. The number of methoxy groups -OCH3 is 1. The van der Waals surface area contributed by atoms with Gasteiger partial charge in [-0.2, -0.15) is 0 Å². The normalized spacial score (nSPS) is 31.9. The number of carbonyl (C=O) groups excluding carboxylic acids is 3. The van der Waals surface area contributed by atoms with E-state index in [0.717, 1.165) is 25.7 Å². The van der Waals surface area contributed by atoms with Gasteiger partial charge in [-0.3, -0.25) is 19.3 Å². The van der Waals surface area contributed by atoms with Gasteiger partial charge in [0.05, 0.1) is 18.9 Å². The number of halogens is 2. The number of rotatable bonds is 8. The monoisotopic (exact) mass is 540 g/mol.